The highest BCUT2D eigenvalue weighted by Crippen LogP contribution is 2.44. The van der Waals surface area contributed by atoms with E-state index in [9.17, 15) is 4.79 Å². The number of nitrogens with zero attached hydrogens (tertiary/aromatic N) is 1. The zero-order valence-corrected chi connectivity index (χ0v) is 13.1. The molecule has 116 valence electrons. The van der Waals surface area contributed by atoms with Gasteiger partial charge in [-0.2, -0.15) is 0 Å². The molecule has 1 aliphatic carbocycles. The van der Waals surface area contributed by atoms with Crippen molar-refractivity contribution in [2.75, 3.05) is 14.2 Å². The normalized spacial score (nSPS) is 14.1. The van der Waals surface area contributed by atoms with Crippen LogP contribution in [0.5, 0.6) is 0 Å². The van der Waals surface area contributed by atoms with Crippen LogP contribution in [0, 0.1) is 6.92 Å². The van der Waals surface area contributed by atoms with E-state index >= 15 is 0 Å². The van der Waals surface area contributed by atoms with Crippen LogP contribution in [0.2, 0.25) is 0 Å². The zero-order valence-electron chi connectivity index (χ0n) is 13.1. The van der Waals surface area contributed by atoms with Gasteiger partial charge in [0.1, 0.15) is 12.4 Å². The van der Waals surface area contributed by atoms with Crippen LogP contribution in [0.4, 0.5) is 0 Å². The Morgan fingerprint density at radius 1 is 1.36 bits per heavy atom. The van der Waals surface area contributed by atoms with Crippen LogP contribution >= 0.6 is 0 Å². The number of methoxy groups -OCH3 is 2. The van der Waals surface area contributed by atoms with Crippen molar-refractivity contribution in [2.45, 2.75) is 32.3 Å². The van der Waals surface area contributed by atoms with Gasteiger partial charge in [0.25, 0.3) is 0 Å². The molecule has 0 unspecified atom stereocenters. The molecule has 5 heteroatoms. The fraction of sp³-hybridized carbons (Fsp3) is 0.412. The van der Waals surface area contributed by atoms with Gasteiger partial charge in [-0.15, -0.1) is 0 Å². The first-order valence-electron chi connectivity index (χ1n) is 7.41. The highest BCUT2D eigenvalue weighted by molar-refractivity contribution is 5.91. The molecule has 2 aromatic rings. The molecule has 1 fully saturated rings. The average Bonchev–Trinajstić information content (AvgIpc) is 3.29. The molecule has 0 radical (unpaired) electrons. The Morgan fingerprint density at radius 3 is 2.77 bits per heavy atom. The third-order valence-electron chi connectivity index (χ3n) is 3.95. The monoisotopic (exact) mass is 300 g/mol. The smallest absolute Gasteiger partial charge is 0.337 e. The van der Waals surface area contributed by atoms with E-state index < -0.39 is 0 Å². The maximum atomic E-state index is 11.8. The molecule has 0 atom stereocenters. The van der Waals surface area contributed by atoms with E-state index in [-0.39, 0.29) is 5.97 Å². The summed E-state index contributed by atoms with van der Waals surface area (Å²) in [5, 5.41) is 0. The van der Waals surface area contributed by atoms with Crippen LogP contribution < -0.4 is 0 Å². The molecule has 1 aromatic heterocycles. The maximum Gasteiger partial charge on any atom is 0.337 e. The largest absolute Gasteiger partial charge is 0.465 e. The van der Waals surface area contributed by atoms with E-state index in [0.29, 0.717) is 18.1 Å². The molecule has 0 aliphatic heterocycles. The van der Waals surface area contributed by atoms with Crippen molar-refractivity contribution in [1.29, 1.82) is 0 Å². The highest BCUT2D eigenvalue weighted by atomic mass is 16.5. The van der Waals surface area contributed by atoms with Crippen LogP contribution in [0.25, 0.3) is 11.3 Å². The topological polar surface area (TPSA) is 64.2 Å². The van der Waals surface area contributed by atoms with E-state index in [4.69, 9.17) is 9.47 Å². The van der Waals surface area contributed by atoms with Crippen LogP contribution in [-0.4, -0.2) is 30.2 Å². The van der Waals surface area contributed by atoms with Gasteiger partial charge in [0, 0.05) is 18.6 Å². The number of rotatable bonds is 5. The van der Waals surface area contributed by atoms with Gasteiger partial charge in [0.2, 0.25) is 0 Å². The van der Waals surface area contributed by atoms with E-state index in [1.165, 1.54) is 20.0 Å². The lowest BCUT2D eigenvalue weighted by atomic mass is 10.00. The number of carbonyl (C=O) groups excluding carboxylic acids is 1. The number of ether oxygens (including phenoxy) is 2. The number of aromatic amines is 1. The fourth-order valence-electron chi connectivity index (χ4n) is 2.64. The summed E-state index contributed by atoms with van der Waals surface area (Å²) < 4.78 is 9.99. The second-order valence-electron chi connectivity index (χ2n) is 5.67. The second kappa shape index (κ2) is 5.93. The highest BCUT2D eigenvalue weighted by Gasteiger charge is 2.30. The number of H-pyrrole nitrogens is 1. The summed E-state index contributed by atoms with van der Waals surface area (Å²) in [6.45, 7) is 2.49. The van der Waals surface area contributed by atoms with Crippen molar-refractivity contribution >= 4 is 5.97 Å². The quantitative estimate of drug-likeness (QED) is 0.861. The van der Waals surface area contributed by atoms with Gasteiger partial charge in [-0.25, -0.2) is 9.78 Å². The fourth-order valence-corrected chi connectivity index (χ4v) is 2.64. The van der Waals surface area contributed by atoms with Crippen LogP contribution in [0.15, 0.2) is 18.2 Å². The van der Waals surface area contributed by atoms with E-state index in [0.717, 1.165) is 28.3 Å². The summed E-state index contributed by atoms with van der Waals surface area (Å²) >= 11 is 0. The Balaban J connectivity index is 2.07. The SMILES string of the molecule is COCc1nc(C2CC2)c(-c2cc(C(=O)OC)ccc2C)[nH]1. The Hall–Kier alpha value is -2.14. The standard InChI is InChI=1S/C17H20N2O3/c1-10-4-5-12(17(20)22-3)8-13(10)16-15(11-6-7-11)18-14(19-16)9-21-2/h4-5,8,11H,6-7,9H2,1-3H3,(H,18,19). The van der Waals surface area contributed by atoms with Gasteiger partial charge in [0.15, 0.2) is 0 Å². The third-order valence-corrected chi connectivity index (χ3v) is 3.95. The predicted molar refractivity (Wildman–Crippen MR) is 82.8 cm³/mol. The second-order valence-corrected chi connectivity index (χ2v) is 5.67. The summed E-state index contributed by atoms with van der Waals surface area (Å²) in [5.74, 6) is 1.01. The van der Waals surface area contributed by atoms with Gasteiger partial charge in [-0.05, 0) is 37.5 Å². The first-order valence-corrected chi connectivity index (χ1v) is 7.41. The summed E-state index contributed by atoms with van der Waals surface area (Å²) in [5.41, 5.74) is 4.73. The van der Waals surface area contributed by atoms with Crippen LogP contribution in [-0.2, 0) is 16.1 Å². The minimum atomic E-state index is -0.328. The first-order chi connectivity index (χ1) is 10.6. The Morgan fingerprint density at radius 2 is 2.14 bits per heavy atom. The van der Waals surface area contributed by atoms with Crippen molar-refractivity contribution in [3.63, 3.8) is 0 Å². The number of hydrogen-bond donors (Lipinski definition) is 1. The third kappa shape index (κ3) is 2.76. The van der Waals surface area contributed by atoms with Crippen molar-refractivity contribution < 1.29 is 14.3 Å². The predicted octanol–water partition coefficient (Wildman–Crippen LogP) is 3.20. The molecule has 0 bridgehead atoms. The van der Waals surface area contributed by atoms with E-state index in [1.807, 2.05) is 19.1 Å². The lowest BCUT2D eigenvalue weighted by Gasteiger charge is -2.08. The van der Waals surface area contributed by atoms with Gasteiger partial charge in [-0.1, -0.05) is 6.07 Å². The minimum Gasteiger partial charge on any atom is -0.465 e. The van der Waals surface area contributed by atoms with Crippen molar-refractivity contribution in [3.8, 4) is 11.3 Å². The molecule has 5 nitrogen and oxygen atoms in total. The number of hydrogen-bond acceptors (Lipinski definition) is 4. The number of aromatic nitrogens is 2. The lowest BCUT2D eigenvalue weighted by molar-refractivity contribution is 0.0601. The molecule has 1 heterocycles. The van der Waals surface area contributed by atoms with Crippen molar-refractivity contribution in [1.82, 2.24) is 9.97 Å². The lowest BCUT2D eigenvalue weighted by Crippen LogP contribution is -2.02. The first kappa shape index (κ1) is 14.8. The van der Waals surface area contributed by atoms with Gasteiger partial charge in [0.05, 0.1) is 24.1 Å². The minimum absolute atomic E-state index is 0.328. The molecule has 1 aliphatic rings. The maximum absolute atomic E-state index is 11.8. The molecule has 1 aromatic carbocycles. The number of benzene rings is 1. The van der Waals surface area contributed by atoms with Crippen LogP contribution in [0.3, 0.4) is 0 Å². The molecule has 1 N–H and O–H groups in total. The Kier molecular flexibility index (Phi) is 3.98. The summed E-state index contributed by atoms with van der Waals surface area (Å²) in [7, 11) is 3.05. The Bertz CT molecular complexity index is 702. The molecule has 1 saturated carbocycles. The van der Waals surface area contributed by atoms with Crippen molar-refractivity contribution in [2.24, 2.45) is 0 Å². The Labute approximate surface area is 129 Å². The molecular formula is C17H20N2O3. The van der Waals surface area contributed by atoms with E-state index in [2.05, 4.69) is 9.97 Å². The summed E-state index contributed by atoms with van der Waals surface area (Å²) in [6, 6.07) is 5.60. The van der Waals surface area contributed by atoms with Gasteiger partial charge >= 0.3 is 5.97 Å². The van der Waals surface area contributed by atoms with Crippen LogP contribution in [0.1, 0.15) is 46.2 Å². The molecule has 22 heavy (non-hydrogen) atoms. The number of esters is 1. The number of carbonyl (C=O) groups is 1. The molecule has 3 rings (SSSR count). The van der Waals surface area contributed by atoms with Gasteiger partial charge < -0.3 is 14.5 Å². The average molecular weight is 300 g/mol. The number of aryl methyl sites for hydroxylation is 1. The van der Waals surface area contributed by atoms with Gasteiger partial charge in [-0.3, -0.25) is 0 Å². The molecular weight excluding hydrogens is 280 g/mol. The number of imidazole rings is 1. The van der Waals surface area contributed by atoms with Crippen molar-refractivity contribution in [3.05, 3.63) is 40.8 Å². The molecule has 0 spiro atoms. The molecule has 0 amide bonds. The zero-order chi connectivity index (χ0) is 15.7. The molecule has 0 saturated heterocycles. The number of nitrogens with one attached hydrogen (secondary N) is 1. The summed E-state index contributed by atoms with van der Waals surface area (Å²) in [6.07, 6.45) is 2.33. The summed E-state index contributed by atoms with van der Waals surface area (Å²) in [4.78, 5) is 19.8. The van der Waals surface area contributed by atoms with E-state index in [1.54, 1.807) is 13.2 Å².